The normalized spacial score (nSPS) is 10.6. The Kier molecular flexibility index (Phi) is 3.56. The molecule has 5 heteroatoms. The van der Waals surface area contributed by atoms with Gasteiger partial charge in [0.15, 0.2) is 0 Å². The van der Waals surface area contributed by atoms with Gasteiger partial charge in [-0.15, -0.1) is 0 Å². The lowest BCUT2D eigenvalue weighted by Crippen LogP contribution is -1.89. The number of rotatable bonds is 3. The Morgan fingerprint density at radius 1 is 1.50 bits per heavy atom. The molecule has 1 aromatic heterocycles. The Hall–Kier alpha value is -0.940. The van der Waals surface area contributed by atoms with Crippen molar-refractivity contribution in [1.29, 1.82) is 0 Å². The van der Waals surface area contributed by atoms with Crippen LogP contribution in [0.1, 0.15) is 11.3 Å². The highest BCUT2D eigenvalue weighted by Gasteiger charge is 2.03. The Balaban J connectivity index is 2.02. The number of benzene rings is 1. The highest BCUT2D eigenvalue weighted by molar-refractivity contribution is 9.10. The zero-order chi connectivity index (χ0) is 11.5. The predicted octanol–water partition coefficient (Wildman–Crippen LogP) is 3.62. The van der Waals surface area contributed by atoms with E-state index in [1.165, 1.54) is 0 Å². The van der Waals surface area contributed by atoms with E-state index in [0.29, 0.717) is 5.22 Å². The van der Waals surface area contributed by atoms with Crippen LogP contribution in [0.25, 0.3) is 0 Å². The molecule has 3 nitrogen and oxygen atoms in total. The van der Waals surface area contributed by atoms with Gasteiger partial charge in [-0.2, -0.15) is 0 Å². The molecule has 0 amide bonds. The second-order valence-corrected chi connectivity index (χ2v) is 5.18. The lowest BCUT2D eigenvalue weighted by atomic mass is 10.2. The summed E-state index contributed by atoms with van der Waals surface area (Å²) in [5.74, 6) is 0.803. The van der Waals surface area contributed by atoms with E-state index >= 15 is 0 Å². The minimum absolute atomic E-state index is 0.694. The van der Waals surface area contributed by atoms with Gasteiger partial charge in [0.1, 0.15) is 6.26 Å². The van der Waals surface area contributed by atoms with Gasteiger partial charge in [-0.3, -0.25) is 0 Å². The number of nitrogens with two attached hydrogens (primary N) is 1. The third kappa shape index (κ3) is 2.80. The smallest absolute Gasteiger partial charge is 0.256 e. The molecular formula is C11H11BrN2OS. The molecular weight excluding hydrogens is 288 g/mol. The fourth-order valence-electron chi connectivity index (χ4n) is 1.23. The molecule has 0 bridgehead atoms. The summed E-state index contributed by atoms with van der Waals surface area (Å²) in [6, 6.07) is 5.93. The van der Waals surface area contributed by atoms with E-state index < -0.39 is 0 Å². The topological polar surface area (TPSA) is 52.0 Å². The zero-order valence-corrected chi connectivity index (χ0v) is 11.1. The lowest BCUT2D eigenvalue weighted by Gasteiger charge is -2.02. The van der Waals surface area contributed by atoms with Crippen LogP contribution in [0.5, 0.6) is 0 Å². The Bertz CT molecular complexity index is 498. The van der Waals surface area contributed by atoms with Crippen LogP contribution in [-0.2, 0) is 5.75 Å². The summed E-state index contributed by atoms with van der Waals surface area (Å²) >= 11 is 4.93. The van der Waals surface area contributed by atoms with Gasteiger partial charge in [-0.05, 0) is 40.5 Å². The van der Waals surface area contributed by atoms with E-state index in [1.54, 1.807) is 18.0 Å². The number of aromatic nitrogens is 1. The van der Waals surface area contributed by atoms with E-state index in [9.17, 15) is 0 Å². The maximum absolute atomic E-state index is 5.80. The average Bonchev–Trinajstić information content (AvgIpc) is 2.66. The van der Waals surface area contributed by atoms with Gasteiger partial charge in [0, 0.05) is 15.9 Å². The maximum Gasteiger partial charge on any atom is 0.256 e. The standard InChI is InChI=1S/C11H11BrN2OS/c1-7-5-15-11(14-7)16-6-8-2-3-9(12)10(13)4-8/h2-5H,6,13H2,1H3. The molecule has 84 valence electrons. The summed E-state index contributed by atoms with van der Waals surface area (Å²) in [5, 5.41) is 0.694. The molecule has 0 saturated carbocycles. The quantitative estimate of drug-likeness (QED) is 0.694. The minimum Gasteiger partial charge on any atom is -0.440 e. The van der Waals surface area contributed by atoms with Gasteiger partial charge in [-0.25, -0.2) is 4.98 Å². The Labute approximate surface area is 107 Å². The molecule has 0 unspecified atom stereocenters. The van der Waals surface area contributed by atoms with E-state index in [-0.39, 0.29) is 0 Å². The monoisotopic (exact) mass is 298 g/mol. The minimum atomic E-state index is 0.694. The molecule has 0 aliphatic rings. The summed E-state index contributed by atoms with van der Waals surface area (Å²) < 4.78 is 6.18. The lowest BCUT2D eigenvalue weighted by molar-refractivity contribution is 0.454. The fourth-order valence-corrected chi connectivity index (χ4v) is 2.27. The maximum atomic E-state index is 5.80. The predicted molar refractivity (Wildman–Crippen MR) is 69.4 cm³/mol. The molecule has 0 spiro atoms. The highest BCUT2D eigenvalue weighted by atomic mass is 79.9. The Morgan fingerprint density at radius 3 is 2.94 bits per heavy atom. The summed E-state index contributed by atoms with van der Waals surface area (Å²) in [7, 11) is 0. The van der Waals surface area contributed by atoms with Crippen molar-refractivity contribution in [2.45, 2.75) is 17.9 Å². The van der Waals surface area contributed by atoms with Gasteiger partial charge in [0.05, 0.1) is 5.69 Å². The van der Waals surface area contributed by atoms with Crippen molar-refractivity contribution in [1.82, 2.24) is 4.98 Å². The second kappa shape index (κ2) is 4.93. The first kappa shape index (κ1) is 11.5. The van der Waals surface area contributed by atoms with E-state index in [1.807, 2.05) is 25.1 Å². The van der Waals surface area contributed by atoms with Crippen molar-refractivity contribution in [2.75, 3.05) is 5.73 Å². The van der Waals surface area contributed by atoms with Crippen LogP contribution < -0.4 is 5.73 Å². The van der Waals surface area contributed by atoms with Crippen LogP contribution in [0, 0.1) is 6.92 Å². The number of oxazole rings is 1. The Morgan fingerprint density at radius 2 is 2.31 bits per heavy atom. The fraction of sp³-hybridized carbons (Fsp3) is 0.182. The van der Waals surface area contributed by atoms with Gasteiger partial charge < -0.3 is 10.2 Å². The number of nitrogen functional groups attached to an aromatic ring is 1. The number of nitrogens with zero attached hydrogens (tertiary/aromatic N) is 1. The van der Waals surface area contributed by atoms with Crippen LogP contribution in [0.4, 0.5) is 5.69 Å². The van der Waals surface area contributed by atoms with Crippen LogP contribution in [0.3, 0.4) is 0 Å². The zero-order valence-electron chi connectivity index (χ0n) is 8.74. The first-order valence-corrected chi connectivity index (χ1v) is 6.52. The summed E-state index contributed by atoms with van der Waals surface area (Å²) in [4.78, 5) is 4.22. The molecule has 0 aliphatic carbocycles. The van der Waals surface area contributed by atoms with Crippen molar-refractivity contribution in [3.63, 3.8) is 0 Å². The van der Waals surface area contributed by atoms with Crippen LogP contribution >= 0.6 is 27.7 Å². The second-order valence-electron chi connectivity index (χ2n) is 3.40. The molecule has 0 aliphatic heterocycles. The van der Waals surface area contributed by atoms with Crippen LogP contribution in [0.2, 0.25) is 0 Å². The third-order valence-corrected chi connectivity index (χ3v) is 3.65. The molecule has 0 atom stereocenters. The van der Waals surface area contributed by atoms with E-state index in [0.717, 1.165) is 27.2 Å². The van der Waals surface area contributed by atoms with Crippen molar-refractivity contribution in [2.24, 2.45) is 0 Å². The molecule has 2 aromatic rings. The molecule has 16 heavy (non-hydrogen) atoms. The van der Waals surface area contributed by atoms with Crippen LogP contribution in [-0.4, -0.2) is 4.98 Å². The molecule has 1 heterocycles. The molecule has 0 saturated heterocycles. The van der Waals surface area contributed by atoms with Crippen molar-refractivity contribution in [3.8, 4) is 0 Å². The largest absolute Gasteiger partial charge is 0.440 e. The summed E-state index contributed by atoms with van der Waals surface area (Å²) in [5.41, 5.74) is 8.61. The van der Waals surface area contributed by atoms with Gasteiger partial charge in [-0.1, -0.05) is 17.8 Å². The average molecular weight is 299 g/mol. The van der Waals surface area contributed by atoms with Crippen molar-refractivity contribution < 1.29 is 4.42 Å². The SMILES string of the molecule is Cc1coc(SCc2ccc(Br)c(N)c2)n1. The molecule has 0 fully saturated rings. The van der Waals surface area contributed by atoms with Crippen LogP contribution in [0.15, 0.2) is 38.6 Å². The molecule has 2 rings (SSSR count). The number of hydrogen-bond donors (Lipinski definition) is 1. The molecule has 1 aromatic carbocycles. The summed E-state index contributed by atoms with van der Waals surface area (Å²) in [6.45, 7) is 1.91. The molecule has 2 N–H and O–H groups in total. The van der Waals surface area contributed by atoms with Crippen molar-refractivity contribution >= 4 is 33.4 Å². The van der Waals surface area contributed by atoms with Gasteiger partial charge >= 0.3 is 0 Å². The number of anilines is 1. The van der Waals surface area contributed by atoms with Crippen molar-refractivity contribution in [3.05, 3.63) is 40.2 Å². The number of hydrogen-bond acceptors (Lipinski definition) is 4. The molecule has 0 radical (unpaired) electrons. The van der Waals surface area contributed by atoms with E-state index in [2.05, 4.69) is 20.9 Å². The first-order chi connectivity index (χ1) is 7.65. The number of aryl methyl sites for hydroxylation is 1. The first-order valence-electron chi connectivity index (χ1n) is 4.74. The van der Waals surface area contributed by atoms with Gasteiger partial charge in [0.2, 0.25) is 0 Å². The number of halogens is 1. The third-order valence-electron chi connectivity index (χ3n) is 2.02. The number of thioether (sulfide) groups is 1. The highest BCUT2D eigenvalue weighted by Crippen LogP contribution is 2.25. The van der Waals surface area contributed by atoms with Gasteiger partial charge in [0.25, 0.3) is 5.22 Å². The van der Waals surface area contributed by atoms with E-state index in [4.69, 9.17) is 10.2 Å². The summed E-state index contributed by atoms with van der Waals surface area (Å²) in [6.07, 6.45) is 1.65.